The Morgan fingerprint density at radius 2 is 2.05 bits per heavy atom. The number of nitrogens with zero attached hydrogens (tertiary/aromatic N) is 3. The van der Waals surface area contributed by atoms with E-state index in [1.807, 2.05) is 0 Å². The quantitative estimate of drug-likeness (QED) is 0.894. The van der Waals surface area contributed by atoms with Crippen molar-refractivity contribution in [3.8, 4) is 0 Å². The summed E-state index contributed by atoms with van der Waals surface area (Å²) in [4.78, 5) is 22.9. The molecule has 0 aromatic carbocycles. The number of rotatable bonds is 4. The normalized spacial score (nSPS) is 11.4. The van der Waals surface area contributed by atoms with Gasteiger partial charge in [-0.15, -0.1) is 0 Å². The Hall–Kier alpha value is -2.06. The van der Waals surface area contributed by atoms with Crippen molar-refractivity contribution in [2.75, 3.05) is 13.6 Å². The molecule has 1 amide bonds. The van der Waals surface area contributed by atoms with Gasteiger partial charge in [0.25, 0.3) is 5.91 Å². The van der Waals surface area contributed by atoms with Crippen molar-refractivity contribution in [1.29, 1.82) is 0 Å². The van der Waals surface area contributed by atoms with Crippen LogP contribution in [-0.4, -0.2) is 45.3 Å². The van der Waals surface area contributed by atoms with Gasteiger partial charge in [0.15, 0.2) is 5.69 Å². The third-order valence-corrected chi connectivity index (χ3v) is 2.30. The third kappa shape index (κ3) is 3.46. The molecule has 0 unspecified atom stereocenters. The Morgan fingerprint density at radius 3 is 2.47 bits per heavy atom. The van der Waals surface area contributed by atoms with Crippen molar-refractivity contribution >= 4 is 11.9 Å². The highest BCUT2D eigenvalue weighted by molar-refractivity contribution is 5.96. The molecule has 0 fully saturated rings. The van der Waals surface area contributed by atoms with Crippen LogP contribution in [0.15, 0.2) is 6.20 Å². The Bertz CT molecular complexity index is 496. The van der Waals surface area contributed by atoms with Crippen molar-refractivity contribution in [3.05, 3.63) is 17.5 Å². The zero-order chi connectivity index (χ0) is 14.8. The van der Waals surface area contributed by atoms with Gasteiger partial charge in [-0.25, -0.2) is 0 Å². The molecule has 0 spiro atoms. The van der Waals surface area contributed by atoms with Crippen LogP contribution in [0.1, 0.15) is 23.0 Å². The number of carbonyl (C=O) groups is 2. The fourth-order valence-electron chi connectivity index (χ4n) is 1.43. The van der Waals surface area contributed by atoms with E-state index >= 15 is 0 Å². The summed E-state index contributed by atoms with van der Waals surface area (Å²) < 4.78 is 39.1. The Balaban J connectivity index is 3.15. The number of carboxylic acids is 1. The summed E-state index contributed by atoms with van der Waals surface area (Å²) in [7, 11) is 1.11. The predicted molar refractivity (Wildman–Crippen MR) is 57.5 cm³/mol. The van der Waals surface area contributed by atoms with E-state index < -0.39 is 35.9 Å². The van der Waals surface area contributed by atoms with Gasteiger partial charge in [0.2, 0.25) is 0 Å². The van der Waals surface area contributed by atoms with Gasteiger partial charge >= 0.3 is 12.1 Å². The first-order valence-electron chi connectivity index (χ1n) is 5.28. The van der Waals surface area contributed by atoms with Gasteiger partial charge in [0.05, 0.1) is 5.56 Å². The molecule has 0 bridgehead atoms. The maximum absolute atomic E-state index is 12.7. The van der Waals surface area contributed by atoms with E-state index in [-0.39, 0.29) is 6.54 Å². The molecule has 1 N–H and O–H groups in total. The lowest BCUT2D eigenvalue weighted by Crippen LogP contribution is -2.33. The van der Waals surface area contributed by atoms with Crippen molar-refractivity contribution in [2.45, 2.75) is 19.6 Å². The first-order valence-corrected chi connectivity index (χ1v) is 5.28. The smallest absolute Gasteiger partial charge is 0.435 e. The van der Waals surface area contributed by atoms with E-state index in [0.29, 0.717) is 4.90 Å². The van der Waals surface area contributed by atoms with Crippen LogP contribution in [0.4, 0.5) is 13.2 Å². The van der Waals surface area contributed by atoms with Gasteiger partial charge in [-0.05, 0) is 6.92 Å². The molecule has 6 nitrogen and oxygen atoms in total. The van der Waals surface area contributed by atoms with Crippen molar-refractivity contribution in [1.82, 2.24) is 14.7 Å². The lowest BCUT2D eigenvalue weighted by atomic mass is 10.2. The van der Waals surface area contributed by atoms with E-state index in [4.69, 9.17) is 5.11 Å². The fraction of sp³-hybridized carbons (Fsp3) is 0.500. The number of aromatic nitrogens is 2. The number of hydrogen-bond donors (Lipinski definition) is 1. The number of aliphatic carboxylic acids is 1. The molecule has 0 saturated heterocycles. The third-order valence-electron chi connectivity index (χ3n) is 2.30. The van der Waals surface area contributed by atoms with Gasteiger partial charge in [-0.1, -0.05) is 0 Å². The Labute approximate surface area is 106 Å². The molecule has 9 heteroatoms. The number of carboxylic acid groups (broad SMARTS) is 1. The summed E-state index contributed by atoms with van der Waals surface area (Å²) >= 11 is 0. The molecule has 0 atom stereocenters. The molecule has 1 rings (SSSR count). The summed E-state index contributed by atoms with van der Waals surface area (Å²) in [6.45, 7) is 1.05. The van der Waals surface area contributed by atoms with Crippen molar-refractivity contribution < 1.29 is 27.9 Å². The summed E-state index contributed by atoms with van der Waals surface area (Å²) in [6, 6.07) is 0. The molecule has 0 radical (unpaired) electrons. The van der Waals surface area contributed by atoms with Gasteiger partial charge in [-0.3, -0.25) is 14.3 Å². The molecule has 1 heterocycles. The van der Waals surface area contributed by atoms with Gasteiger partial charge < -0.3 is 10.0 Å². The van der Waals surface area contributed by atoms with Crippen LogP contribution in [0.2, 0.25) is 0 Å². The standard InChI is InChI=1S/C10H12F3N3O3/c1-3-16-4-6(8(14-16)10(11,12)13)9(19)15(2)5-7(17)18/h4H,3,5H2,1-2H3,(H,17,18). The van der Waals surface area contributed by atoms with Gasteiger partial charge in [-0.2, -0.15) is 18.3 Å². The SMILES string of the molecule is CCn1cc(C(=O)N(C)CC(=O)O)c(C(F)(F)F)n1. The zero-order valence-electron chi connectivity index (χ0n) is 10.2. The van der Waals surface area contributed by atoms with Crippen molar-refractivity contribution in [2.24, 2.45) is 0 Å². The van der Waals surface area contributed by atoms with Crippen LogP contribution in [0.25, 0.3) is 0 Å². The Kier molecular flexibility index (Phi) is 4.17. The van der Waals surface area contributed by atoms with Crippen LogP contribution in [0.3, 0.4) is 0 Å². The lowest BCUT2D eigenvalue weighted by molar-refractivity contribution is -0.141. The summed E-state index contributed by atoms with van der Waals surface area (Å²) in [5.41, 5.74) is -1.96. The number of amides is 1. The topological polar surface area (TPSA) is 75.4 Å². The Morgan fingerprint density at radius 1 is 1.47 bits per heavy atom. The van der Waals surface area contributed by atoms with Crippen LogP contribution < -0.4 is 0 Å². The number of halogens is 3. The highest BCUT2D eigenvalue weighted by Gasteiger charge is 2.39. The minimum absolute atomic E-state index is 0.166. The number of aryl methyl sites for hydroxylation is 1. The first kappa shape index (κ1) is 15.0. The first-order chi connectivity index (χ1) is 8.66. The summed E-state index contributed by atoms with van der Waals surface area (Å²) in [6.07, 6.45) is -3.81. The van der Waals surface area contributed by atoms with E-state index in [2.05, 4.69) is 5.10 Å². The van der Waals surface area contributed by atoms with E-state index in [1.54, 1.807) is 6.92 Å². The molecule has 0 aliphatic carbocycles. The minimum Gasteiger partial charge on any atom is -0.480 e. The minimum atomic E-state index is -4.77. The molecule has 0 saturated carbocycles. The number of hydrogen-bond acceptors (Lipinski definition) is 3. The molecule has 19 heavy (non-hydrogen) atoms. The van der Waals surface area contributed by atoms with E-state index in [9.17, 15) is 22.8 Å². The van der Waals surface area contributed by atoms with Gasteiger partial charge in [0, 0.05) is 19.8 Å². The van der Waals surface area contributed by atoms with Crippen LogP contribution in [0, 0.1) is 0 Å². The second-order valence-corrected chi connectivity index (χ2v) is 3.80. The maximum atomic E-state index is 12.7. The van der Waals surface area contributed by atoms with Gasteiger partial charge in [0.1, 0.15) is 6.54 Å². The molecule has 0 aliphatic heterocycles. The van der Waals surface area contributed by atoms with Crippen LogP contribution >= 0.6 is 0 Å². The molecule has 106 valence electrons. The highest BCUT2D eigenvalue weighted by atomic mass is 19.4. The monoisotopic (exact) mass is 279 g/mol. The number of likely N-dealkylation sites (N-methyl/N-ethyl adjacent to an activating group) is 1. The van der Waals surface area contributed by atoms with Crippen molar-refractivity contribution in [3.63, 3.8) is 0 Å². The largest absolute Gasteiger partial charge is 0.480 e. The lowest BCUT2D eigenvalue weighted by Gasteiger charge is -2.14. The van der Waals surface area contributed by atoms with Crippen LogP contribution in [-0.2, 0) is 17.5 Å². The highest BCUT2D eigenvalue weighted by Crippen LogP contribution is 2.31. The predicted octanol–water partition coefficient (Wildman–Crippen LogP) is 1.08. The maximum Gasteiger partial charge on any atom is 0.435 e. The zero-order valence-corrected chi connectivity index (χ0v) is 10.2. The second-order valence-electron chi connectivity index (χ2n) is 3.80. The molecule has 1 aromatic heterocycles. The number of carbonyl (C=O) groups excluding carboxylic acids is 1. The number of alkyl halides is 3. The fourth-order valence-corrected chi connectivity index (χ4v) is 1.43. The molecule has 1 aromatic rings. The van der Waals surface area contributed by atoms with E-state index in [1.165, 1.54) is 0 Å². The summed E-state index contributed by atoms with van der Waals surface area (Å²) in [5, 5.41) is 11.8. The molecule has 0 aliphatic rings. The average Bonchev–Trinajstić information content (AvgIpc) is 2.70. The summed E-state index contributed by atoms with van der Waals surface area (Å²) in [5.74, 6) is -2.35. The molecular formula is C10H12F3N3O3. The molecular weight excluding hydrogens is 267 g/mol. The average molecular weight is 279 g/mol. The second kappa shape index (κ2) is 5.29. The van der Waals surface area contributed by atoms with Crippen LogP contribution in [0.5, 0.6) is 0 Å². The van der Waals surface area contributed by atoms with E-state index in [0.717, 1.165) is 17.9 Å².